The van der Waals surface area contributed by atoms with E-state index in [-0.39, 0.29) is 5.91 Å². The Morgan fingerprint density at radius 2 is 1.95 bits per heavy atom. The number of carbonyl (C=O) groups excluding carboxylic acids is 1. The lowest BCUT2D eigenvalue weighted by Crippen LogP contribution is -2.25. The number of nitrogens with one attached hydrogen (secondary N) is 1. The van der Waals surface area contributed by atoms with E-state index in [1.54, 1.807) is 0 Å². The zero-order valence-electron chi connectivity index (χ0n) is 12.7. The normalized spacial score (nSPS) is 10.8. The van der Waals surface area contributed by atoms with Crippen LogP contribution in [0.25, 0.3) is 0 Å². The lowest BCUT2D eigenvalue weighted by molar-refractivity contribution is -0.116. The Kier molecular flexibility index (Phi) is 7.63. The fourth-order valence-corrected chi connectivity index (χ4v) is 2.27. The van der Waals surface area contributed by atoms with Crippen LogP contribution >= 0.6 is 11.6 Å². The summed E-state index contributed by atoms with van der Waals surface area (Å²) >= 11 is 6.10. The summed E-state index contributed by atoms with van der Waals surface area (Å²) in [5.41, 5.74) is 1.90. The fourth-order valence-electron chi connectivity index (χ4n) is 2.10. The number of carbonyl (C=O) groups is 1. The van der Waals surface area contributed by atoms with Gasteiger partial charge in [0, 0.05) is 6.42 Å². The largest absolute Gasteiger partial charge is 0.325 e. The smallest absolute Gasteiger partial charge is 0.224 e. The van der Waals surface area contributed by atoms with Crippen molar-refractivity contribution in [1.29, 1.82) is 0 Å². The van der Waals surface area contributed by atoms with Crippen molar-refractivity contribution in [3.63, 3.8) is 0 Å². The summed E-state index contributed by atoms with van der Waals surface area (Å²) in [6.07, 6.45) is 2.34. The monoisotopic (exact) mass is 296 g/mol. The number of hydrogen-bond donors (Lipinski definition) is 1. The Morgan fingerprint density at radius 3 is 2.55 bits per heavy atom. The van der Waals surface area contributed by atoms with Gasteiger partial charge in [0.15, 0.2) is 0 Å². The molecular formula is C16H25ClN2O. The molecule has 0 aromatic heterocycles. The third-order valence-electron chi connectivity index (χ3n) is 3.49. The maximum atomic E-state index is 11.9. The fraction of sp³-hybridized carbons (Fsp3) is 0.562. The van der Waals surface area contributed by atoms with Crippen LogP contribution in [0.5, 0.6) is 0 Å². The Morgan fingerprint density at radius 1 is 1.25 bits per heavy atom. The molecule has 1 rings (SSSR count). The highest BCUT2D eigenvalue weighted by Gasteiger charge is 2.07. The zero-order valence-corrected chi connectivity index (χ0v) is 13.5. The van der Waals surface area contributed by atoms with Gasteiger partial charge in [0.1, 0.15) is 0 Å². The Bertz CT molecular complexity index is 430. The number of amides is 1. The van der Waals surface area contributed by atoms with Gasteiger partial charge in [-0.25, -0.2) is 0 Å². The Labute approximate surface area is 127 Å². The average molecular weight is 297 g/mol. The number of halogens is 1. The molecule has 112 valence electrons. The van der Waals surface area contributed by atoms with E-state index in [4.69, 9.17) is 11.6 Å². The highest BCUT2D eigenvalue weighted by atomic mass is 35.5. The van der Waals surface area contributed by atoms with Crippen LogP contribution in [-0.4, -0.2) is 30.4 Å². The summed E-state index contributed by atoms with van der Waals surface area (Å²) in [7, 11) is 0. The number of rotatable bonds is 8. The molecule has 0 heterocycles. The summed E-state index contributed by atoms with van der Waals surface area (Å²) in [5.74, 6) is 0.0345. The van der Waals surface area contributed by atoms with E-state index in [1.165, 1.54) is 5.56 Å². The number of aryl methyl sites for hydroxylation is 1. The van der Waals surface area contributed by atoms with Gasteiger partial charge < -0.3 is 10.2 Å². The zero-order chi connectivity index (χ0) is 15.0. The van der Waals surface area contributed by atoms with Crippen molar-refractivity contribution in [2.24, 2.45) is 0 Å². The van der Waals surface area contributed by atoms with Crippen LogP contribution in [-0.2, 0) is 11.2 Å². The van der Waals surface area contributed by atoms with Gasteiger partial charge in [-0.2, -0.15) is 0 Å². The molecule has 0 aliphatic carbocycles. The standard InChI is InChI=1S/C16H25ClN2O/c1-4-13-9-10-14(17)15(12-13)18-16(20)8-7-11-19(5-2)6-3/h9-10,12H,4-8,11H2,1-3H3,(H,18,20). The van der Waals surface area contributed by atoms with E-state index in [1.807, 2.05) is 18.2 Å². The molecule has 0 fully saturated rings. The van der Waals surface area contributed by atoms with Crippen molar-refractivity contribution in [2.75, 3.05) is 25.0 Å². The quantitative estimate of drug-likeness (QED) is 0.787. The lowest BCUT2D eigenvalue weighted by Gasteiger charge is -2.17. The van der Waals surface area contributed by atoms with Crippen LogP contribution in [0.3, 0.4) is 0 Å². The first-order chi connectivity index (χ1) is 9.60. The van der Waals surface area contributed by atoms with Crippen molar-refractivity contribution in [1.82, 2.24) is 4.90 Å². The van der Waals surface area contributed by atoms with Crippen LogP contribution in [0.15, 0.2) is 18.2 Å². The molecule has 1 N–H and O–H groups in total. The molecule has 1 amide bonds. The molecule has 0 aliphatic heterocycles. The number of anilines is 1. The van der Waals surface area contributed by atoms with E-state index in [0.717, 1.165) is 38.2 Å². The van der Waals surface area contributed by atoms with Crippen LogP contribution in [0.1, 0.15) is 39.2 Å². The second-order valence-corrected chi connectivity index (χ2v) is 5.25. The molecule has 3 nitrogen and oxygen atoms in total. The summed E-state index contributed by atoms with van der Waals surface area (Å²) in [6.45, 7) is 9.38. The third kappa shape index (κ3) is 5.51. The number of hydrogen-bond acceptors (Lipinski definition) is 2. The molecule has 20 heavy (non-hydrogen) atoms. The maximum Gasteiger partial charge on any atom is 0.224 e. The van der Waals surface area contributed by atoms with Gasteiger partial charge in [0.25, 0.3) is 0 Å². The second kappa shape index (κ2) is 8.98. The van der Waals surface area contributed by atoms with Gasteiger partial charge in [-0.15, -0.1) is 0 Å². The van der Waals surface area contributed by atoms with Crippen molar-refractivity contribution < 1.29 is 4.79 Å². The van der Waals surface area contributed by atoms with E-state index < -0.39 is 0 Å². The van der Waals surface area contributed by atoms with Crippen molar-refractivity contribution in [3.8, 4) is 0 Å². The molecule has 0 saturated heterocycles. The summed E-state index contributed by atoms with van der Waals surface area (Å²) < 4.78 is 0. The third-order valence-corrected chi connectivity index (χ3v) is 3.82. The van der Waals surface area contributed by atoms with Crippen LogP contribution in [0.4, 0.5) is 5.69 Å². The van der Waals surface area contributed by atoms with Crippen LogP contribution in [0, 0.1) is 0 Å². The van der Waals surface area contributed by atoms with E-state index in [0.29, 0.717) is 11.4 Å². The molecule has 0 saturated carbocycles. The molecule has 0 radical (unpaired) electrons. The summed E-state index contributed by atoms with van der Waals surface area (Å²) in [4.78, 5) is 14.3. The predicted molar refractivity (Wildman–Crippen MR) is 86.5 cm³/mol. The van der Waals surface area contributed by atoms with Crippen molar-refractivity contribution >= 4 is 23.2 Å². The molecular weight excluding hydrogens is 272 g/mol. The van der Waals surface area contributed by atoms with Crippen molar-refractivity contribution in [2.45, 2.75) is 40.0 Å². The van der Waals surface area contributed by atoms with Gasteiger partial charge in [0.2, 0.25) is 5.91 Å². The van der Waals surface area contributed by atoms with E-state index in [2.05, 4.69) is 31.0 Å². The van der Waals surface area contributed by atoms with Gasteiger partial charge in [-0.05, 0) is 50.2 Å². The van der Waals surface area contributed by atoms with Crippen LogP contribution in [0.2, 0.25) is 5.02 Å². The number of nitrogens with zero attached hydrogens (tertiary/aromatic N) is 1. The van der Waals surface area contributed by atoms with Gasteiger partial charge in [0.05, 0.1) is 10.7 Å². The molecule has 0 spiro atoms. The SMILES string of the molecule is CCc1ccc(Cl)c(NC(=O)CCCN(CC)CC)c1. The minimum absolute atomic E-state index is 0.0345. The second-order valence-electron chi connectivity index (χ2n) is 4.85. The Balaban J connectivity index is 2.46. The molecule has 0 aliphatic rings. The first-order valence-electron chi connectivity index (χ1n) is 7.41. The highest BCUT2D eigenvalue weighted by Crippen LogP contribution is 2.23. The molecule has 4 heteroatoms. The first kappa shape index (κ1) is 17.0. The first-order valence-corrected chi connectivity index (χ1v) is 7.79. The van der Waals surface area contributed by atoms with Crippen LogP contribution < -0.4 is 5.32 Å². The predicted octanol–water partition coefficient (Wildman–Crippen LogP) is 3.96. The Hall–Kier alpha value is -1.06. The van der Waals surface area contributed by atoms with Gasteiger partial charge >= 0.3 is 0 Å². The topological polar surface area (TPSA) is 32.3 Å². The lowest BCUT2D eigenvalue weighted by atomic mass is 10.1. The molecule has 0 unspecified atom stereocenters. The molecule has 1 aromatic rings. The minimum atomic E-state index is 0.0345. The minimum Gasteiger partial charge on any atom is -0.325 e. The van der Waals surface area contributed by atoms with Crippen molar-refractivity contribution in [3.05, 3.63) is 28.8 Å². The average Bonchev–Trinajstić information content (AvgIpc) is 2.46. The van der Waals surface area contributed by atoms with E-state index in [9.17, 15) is 4.79 Å². The van der Waals surface area contributed by atoms with Gasteiger partial charge in [-0.3, -0.25) is 4.79 Å². The summed E-state index contributed by atoms with van der Waals surface area (Å²) in [5, 5.41) is 3.50. The van der Waals surface area contributed by atoms with Gasteiger partial charge in [-0.1, -0.05) is 38.4 Å². The molecule has 0 atom stereocenters. The molecule has 1 aromatic carbocycles. The summed E-state index contributed by atoms with van der Waals surface area (Å²) in [6, 6.07) is 5.77. The number of benzene rings is 1. The van der Waals surface area contributed by atoms with E-state index >= 15 is 0 Å². The highest BCUT2D eigenvalue weighted by molar-refractivity contribution is 6.33. The maximum absolute atomic E-state index is 11.9. The molecule has 0 bridgehead atoms.